The average Bonchev–Trinajstić information content (AvgIpc) is 3.13. The predicted octanol–water partition coefficient (Wildman–Crippen LogP) is 11.6. The molecule has 1 unspecified atom stereocenters. The maximum atomic E-state index is 13.0. The van der Waals surface area contributed by atoms with E-state index in [1.54, 1.807) is 0 Å². The van der Waals surface area contributed by atoms with Gasteiger partial charge >= 0.3 is 11.9 Å². The first-order chi connectivity index (χ1) is 25.0. The fourth-order valence-electron chi connectivity index (χ4n) is 6.70. The molecule has 0 aliphatic rings. The Morgan fingerprint density at radius 3 is 1.37 bits per heavy atom. The first-order valence-electron chi connectivity index (χ1n) is 22.2. The normalized spacial score (nSPS) is 12.2. The SMILES string of the molecule is CCCCCCCCOCC(C)C(=O)OCCCCCN(CCO)CCCCCCCOC(=O)C(CCCCCCCC)CCCCCCCC. The number of nitrogens with zero attached hydrogens (tertiary/aromatic N) is 1. The zero-order valence-electron chi connectivity index (χ0n) is 34.5. The third-order valence-corrected chi connectivity index (χ3v) is 10.2. The molecule has 0 heterocycles. The van der Waals surface area contributed by atoms with Gasteiger partial charge in [-0.25, -0.2) is 0 Å². The van der Waals surface area contributed by atoms with E-state index in [1.165, 1.54) is 96.3 Å². The smallest absolute Gasteiger partial charge is 0.310 e. The number of hydrogen-bond donors (Lipinski definition) is 1. The van der Waals surface area contributed by atoms with Crippen LogP contribution >= 0.6 is 0 Å². The van der Waals surface area contributed by atoms with Crippen LogP contribution in [0.2, 0.25) is 0 Å². The van der Waals surface area contributed by atoms with Crippen LogP contribution in [0.3, 0.4) is 0 Å². The van der Waals surface area contributed by atoms with Gasteiger partial charge in [-0.15, -0.1) is 0 Å². The summed E-state index contributed by atoms with van der Waals surface area (Å²) in [6.45, 7) is 13.7. The van der Waals surface area contributed by atoms with Crippen LogP contribution in [0.1, 0.15) is 207 Å². The van der Waals surface area contributed by atoms with Gasteiger partial charge in [0.05, 0.1) is 38.3 Å². The molecule has 304 valence electrons. The molecule has 1 N–H and O–H groups in total. The molecule has 51 heavy (non-hydrogen) atoms. The van der Waals surface area contributed by atoms with Crippen molar-refractivity contribution in [3.63, 3.8) is 0 Å². The monoisotopic (exact) mass is 726 g/mol. The molecule has 0 aliphatic carbocycles. The van der Waals surface area contributed by atoms with Gasteiger partial charge in [-0.1, -0.05) is 149 Å². The highest BCUT2D eigenvalue weighted by atomic mass is 16.5. The Labute approximate surface area is 317 Å². The van der Waals surface area contributed by atoms with Gasteiger partial charge in [-0.3, -0.25) is 9.59 Å². The molecule has 0 aromatic rings. The highest BCUT2D eigenvalue weighted by Gasteiger charge is 2.19. The van der Waals surface area contributed by atoms with Gasteiger partial charge in [0.2, 0.25) is 0 Å². The number of hydrogen-bond acceptors (Lipinski definition) is 7. The highest BCUT2D eigenvalue weighted by molar-refractivity contribution is 5.72. The van der Waals surface area contributed by atoms with Crippen molar-refractivity contribution in [2.75, 3.05) is 52.7 Å². The van der Waals surface area contributed by atoms with Crippen molar-refractivity contribution in [2.24, 2.45) is 11.8 Å². The number of esters is 2. The van der Waals surface area contributed by atoms with Crippen LogP contribution in [0.4, 0.5) is 0 Å². The van der Waals surface area contributed by atoms with E-state index >= 15 is 0 Å². The molecule has 0 fully saturated rings. The molecule has 7 nitrogen and oxygen atoms in total. The lowest BCUT2D eigenvalue weighted by molar-refractivity contribution is -0.150. The molecule has 0 aromatic heterocycles. The number of unbranched alkanes of at least 4 members (excludes halogenated alkanes) is 21. The summed E-state index contributed by atoms with van der Waals surface area (Å²) in [6, 6.07) is 0. The third-order valence-electron chi connectivity index (χ3n) is 10.2. The Morgan fingerprint density at radius 1 is 0.490 bits per heavy atom. The summed E-state index contributed by atoms with van der Waals surface area (Å²) in [5, 5.41) is 9.54. The number of aliphatic hydroxyl groups excluding tert-OH is 1. The molecule has 0 spiro atoms. The summed E-state index contributed by atoms with van der Waals surface area (Å²) in [5.74, 6) is -0.239. The maximum absolute atomic E-state index is 13.0. The number of aliphatic hydroxyl groups is 1. The Balaban J connectivity index is 4.01. The summed E-state index contributed by atoms with van der Waals surface area (Å²) < 4.78 is 17.0. The molecule has 0 aromatic carbocycles. The molecule has 0 aliphatic heterocycles. The van der Waals surface area contributed by atoms with E-state index in [4.69, 9.17) is 14.2 Å². The van der Waals surface area contributed by atoms with E-state index in [9.17, 15) is 14.7 Å². The molecule has 0 rings (SSSR count). The lowest BCUT2D eigenvalue weighted by Crippen LogP contribution is -2.29. The van der Waals surface area contributed by atoms with E-state index < -0.39 is 0 Å². The zero-order chi connectivity index (χ0) is 37.5. The van der Waals surface area contributed by atoms with Gasteiger partial charge in [-0.2, -0.15) is 0 Å². The second kappa shape index (κ2) is 40.0. The second-order valence-corrected chi connectivity index (χ2v) is 15.3. The summed E-state index contributed by atoms with van der Waals surface area (Å²) in [4.78, 5) is 27.6. The van der Waals surface area contributed by atoms with Gasteiger partial charge in [0.1, 0.15) is 0 Å². The van der Waals surface area contributed by atoms with Crippen molar-refractivity contribution < 1.29 is 28.9 Å². The molecule has 0 saturated heterocycles. The topological polar surface area (TPSA) is 85.3 Å². The summed E-state index contributed by atoms with van der Waals surface area (Å²) in [6.07, 6.45) is 33.0. The molecular formula is C44H87NO6. The molecular weight excluding hydrogens is 638 g/mol. The van der Waals surface area contributed by atoms with Crippen molar-refractivity contribution in [1.29, 1.82) is 0 Å². The first-order valence-corrected chi connectivity index (χ1v) is 22.2. The lowest BCUT2D eigenvalue weighted by Gasteiger charge is -2.21. The fraction of sp³-hybridized carbons (Fsp3) is 0.955. The molecule has 0 saturated carbocycles. The minimum Gasteiger partial charge on any atom is -0.465 e. The Bertz CT molecular complexity index is 718. The number of ether oxygens (including phenoxy) is 3. The maximum Gasteiger partial charge on any atom is 0.310 e. The van der Waals surface area contributed by atoms with E-state index in [0.29, 0.717) is 26.4 Å². The van der Waals surface area contributed by atoms with Crippen molar-refractivity contribution >= 4 is 11.9 Å². The van der Waals surface area contributed by atoms with Crippen LogP contribution in [-0.2, 0) is 23.8 Å². The molecule has 0 amide bonds. The standard InChI is InChI=1S/C44H87NO6/c1-5-8-11-14-18-24-31-42(32-25-19-15-12-9-6-2)44(48)51-39-29-22-17-20-26-33-45(35-36-46)34-27-23-30-38-50-43(47)41(4)40-49-37-28-21-16-13-10-7-3/h41-42,46H,5-40H2,1-4H3. The molecule has 1 atom stereocenters. The van der Waals surface area contributed by atoms with E-state index in [2.05, 4.69) is 25.7 Å². The second-order valence-electron chi connectivity index (χ2n) is 15.3. The van der Waals surface area contributed by atoms with Gasteiger partial charge < -0.3 is 24.2 Å². The van der Waals surface area contributed by atoms with Crippen LogP contribution < -0.4 is 0 Å². The van der Waals surface area contributed by atoms with Crippen LogP contribution in [0.15, 0.2) is 0 Å². The van der Waals surface area contributed by atoms with Crippen LogP contribution in [-0.4, -0.2) is 74.6 Å². The Morgan fingerprint density at radius 2 is 0.882 bits per heavy atom. The van der Waals surface area contributed by atoms with E-state index in [1.807, 2.05) is 6.92 Å². The molecule has 7 heteroatoms. The Hall–Kier alpha value is -1.18. The minimum absolute atomic E-state index is 0.0492. The van der Waals surface area contributed by atoms with Crippen molar-refractivity contribution in [3.05, 3.63) is 0 Å². The summed E-state index contributed by atoms with van der Waals surface area (Å²) >= 11 is 0. The largest absolute Gasteiger partial charge is 0.465 e. The highest BCUT2D eigenvalue weighted by Crippen LogP contribution is 2.21. The van der Waals surface area contributed by atoms with Gasteiger partial charge in [0.25, 0.3) is 0 Å². The van der Waals surface area contributed by atoms with Crippen LogP contribution in [0, 0.1) is 11.8 Å². The van der Waals surface area contributed by atoms with Gasteiger partial charge in [0, 0.05) is 13.2 Å². The first kappa shape index (κ1) is 49.8. The number of rotatable bonds is 41. The summed E-state index contributed by atoms with van der Waals surface area (Å²) in [5.41, 5.74) is 0. The van der Waals surface area contributed by atoms with Crippen LogP contribution in [0.25, 0.3) is 0 Å². The molecule has 0 bridgehead atoms. The molecule has 0 radical (unpaired) electrons. The van der Waals surface area contributed by atoms with Crippen molar-refractivity contribution in [2.45, 2.75) is 207 Å². The third kappa shape index (κ3) is 34.3. The fourth-order valence-corrected chi connectivity index (χ4v) is 6.70. The van der Waals surface area contributed by atoms with Crippen molar-refractivity contribution in [1.82, 2.24) is 4.90 Å². The average molecular weight is 726 g/mol. The van der Waals surface area contributed by atoms with Crippen LogP contribution in [0.5, 0.6) is 0 Å². The quantitative estimate of drug-likeness (QED) is 0.0496. The predicted molar refractivity (Wildman–Crippen MR) is 215 cm³/mol. The van der Waals surface area contributed by atoms with Crippen molar-refractivity contribution in [3.8, 4) is 0 Å². The Kier molecular flexibility index (Phi) is 39.1. The zero-order valence-corrected chi connectivity index (χ0v) is 34.5. The van der Waals surface area contributed by atoms with E-state index in [0.717, 1.165) is 103 Å². The van der Waals surface area contributed by atoms with Gasteiger partial charge in [0.15, 0.2) is 0 Å². The minimum atomic E-state index is -0.216. The van der Waals surface area contributed by atoms with Gasteiger partial charge in [-0.05, 0) is 71.4 Å². The lowest BCUT2D eigenvalue weighted by atomic mass is 9.94. The number of carbonyl (C=O) groups is 2. The van der Waals surface area contributed by atoms with E-state index in [-0.39, 0.29) is 30.4 Å². The number of carbonyl (C=O) groups excluding carboxylic acids is 2. The summed E-state index contributed by atoms with van der Waals surface area (Å²) in [7, 11) is 0.